The molecule has 0 saturated heterocycles. The van der Waals surface area contributed by atoms with Gasteiger partial charge in [0.2, 0.25) is 5.91 Å². The molecule has 1 atom stereocenters. The number of carbonyl (C=O) groups excluding carboxylic acids is 2. The first kappa shape index (κ1) is 20.2. The summed E-state index contributed by atoms with van der Waals surface area (Å²) in [5.74, 6) is -0.0808. The minimum atomic E-state index is -0.704. The van der Waals surface area contributed by atoms with Gasteiger partial charge in [0, 0.05) is 23.6 Å². The molecule has 4 aromatic rings. The van der Waals surface area contributed by atoms with Crippen molar-refractivity contribution >= 4 is 23.1 Å². The molecule has 0 aliphatic carbocycles. The second-order valence-corrected chi connectivity index (χ2v) is 7.05. The topological polar surface area (TPSA) is 84.7 Å². The first-order valence-corrected chi connectivity index (χ1v) is 9.91. The summed E-state index contributed by atoms with van der Waals surface area (Å²) in [6, 6.07) is 21.6. The number of rotatable bonds is 7. The van der Waals surface area contributed by atoms with E-state index >= 15 is 0 Å². The highest BCUT2D eigenvalue weighted by atomic mass is 16.5. The van der Waals surface area contributed by atoms with Crippen LogP contribution in [0.15, 0.2) is 85.2 Å². The maximum Gasteiger partial charge on any atom is 0.258 e. The molecule has 2 N–H and O–H groups in total. The van der Waals surface area contributed by atoms with Crippen molar-refractivity contribution in [1.29, 1.82) is 0 Å². The number of pyridine rings is 1. The zero-order chi connectivity index (χ0) is 21.6. The second-order valence-electron chi connectivity index (χ2n) is 7.05. The summed E-state index contributed by atoms with van der Waals surface area (Å²) in [5, 5.41) is 5.44. The molecular weight excluding hydrogens is 392 g/mol. The van der Waals surface area contributed by atoms with Gasteiger partial charge in [-0.1, -0.05) is 36.4 Å². The minimum Gasteiger partial charge on any atom is -0.484 e. The van der Waals surface area contributed by atoms with Crippen molar-refractivity contribution in [2.75, 3.05) is 11.9 Å². The predicted octanol–water partition coefficient (Wildman–Crippen LogP) is 3.52. The molecule has 4 rings (SSSR count). The van der Waals surface area contributed by atoms with Gasteiger partial charge in [-0.25, -0.2) is 4.98 Å². The van der Waals surface area contributed by atoms with Gasteiger partial charge in [-0.3, -0.25) is 9.59 Å². The van der Waals surface area contributed by atoms with Gasteiger partial charge >= 0.3 is 0 Å². The van der Waals surface area contributed by atoms with E-state index in [9.17, 15) is 9.59 Å². The molecule has 0 aliphatic rings. The summed E-state index contributed by atoms with van der Waals surface area (Å²) in [6.45, 7) is 1.47. The summed E-state index contributed by atoms with van der Waals surface area (Å²) in [4.78, 5) is 29.0. The summed E-state index contributed by atoms with van der Waals surface area (Å²) in [6.07, 6.45) is 3.90. The number of ether oxygens (including phenoxy) is 1. The molecule has 2 amide bonds. The zero-order valence-corrected chi connectivity index (χ0v) is 17.0. The second kappa shape index (κ2) is 9.13. The monoisotopic (exact) mass is 414 g/mol. The number of hydrogen-bond acceptors (Lipinski definition) is 4. The highest BCUT2D eigenvalue weighted by Gasteiger charge is 2.16. The standard InChI is InChI=1S/C24H22N4O3/c1-17(25-23(29)16-31-20-7-3-2-4-8-20)24(30)26-19-12-10-18(11-13-19)21-15-28-14-6-5-9-22(28)27-21/h2-15,17H,16H2,1H3,(H,25,29)(H,26,30)/t17-/m1/s1. The van der Waals surface area contributed by atoms with Crippen LogP contribution in [0.2, 0.25) is 0 Å². The van der Waals surface area contributed by atoms with Gasteiger partial charge < -0.3 is 19.8 Å². The van der Waals surface area contributed by atoms with Gasteiger partial charge in [0.05, 0.1) is 5.69 Å². The van der Waals surface area contributed by atoms with Crippen LogP contribution in [0.3, 0.4) is 0 Å². The summed E-state index contributed by atoms with van der Waals surface area (Å²) < 4.78 is 7.35. The molecule has 2 aromatic carbocycles. The number of anilines is 1. The van der Waals surface area contributed by atoms with E-state index in [1.807, 2.05) is 77.5 Å². The third kappa shape index (κ3) is 5.08. The SMILES string of the molecule is C[C@@H](NC(=O)COc1ccccc1)C(=O)Nc1ccc(-c2cn3ccccc3n2)cc1. The molecule has 7 heteroatoms. The molecule has 0 spiro atoms. The van der Waals surface area contributed by atoms with E-state index in [0.29, 0.717) is 11.4 Å². The fourth-order valence-corrected chi connectivity index (χ4v) is 3.06. The molecule has 2 aromatic heterocycles. The Morgan fingerprint density at radius 2 is 1.74 bits per heavy atom. The highest BCUT2D eigenvalue weighted by molar-refractivity contribution is 5.97. The van der Waals surface area contributed by atoms with Gasteiger partial charge in [-0.2, -0.15) is 0 Å². The lowest BCUT2D eigenvalue weighted by molar-refractivity contribution is -0.127. The van der Waals surface area contributed by atoms with E-state index in [0.717, 1.165) is 16.9 Å². The van der Waals surface area contributed by atoms with E-state index in [1.54, 1.807) is 19.1 Å². The normalized spacial score (nSPS) is 11.6. The summed E-state index contributed by atoms with van der Waals surface area (Å²) in [5.41, 5.74) is 3.30. The Kier molecular flexibility index (Phi) is 5.93. The molecule has 31 heavy (non-hydrogen) atoms. The van der Waals surface area contributed by atoms with Crippen LogP contribution in [0, 0.1) is 0 Å². The van der Waals surface area contributed by atoms with Gasteiger partial charge in [-0.05, 0) is 43.3 Å². The Bertz CT molecular complexity index is 1150. The molecule has 0 radical (unpaired) electrons. The maximum absolute atomic E-state index is 12.4. The van der Waals surface area contributed by atoms with Crippen LogP contribution in [-0.2, 0) is 9.59 Å². The summed E-state index contributed by atoms with van der Waals surface area (Å²) in [7, 11) is 0. The van der Waals surface area contributed by atoms with E-state index in [1.165, 1.54) is 0 Å². The highest BCUT2D eigenvalue weighted by Crippen LogP contribution is 2.21. The van der Waals surface area contributed by atoms with Crippen LogP contribution in [0.25, 0.3) is 16.9 Å². The first-order chi connectivity index (χ1) is 15.1. The Balaban J connectivity index is 1.31. The number of hydrogen-bond donors (Lipinski definition) is 2. The largest absolute Gasteiger partial charge is 0.484 e. The van der Waals surface area contributed by atoms with Crippen LogP contribution >= 0.6 is 0 Å². The number of nitrogens with zero attached hydrogens (tertiary/aromatic N) is 2. The Morgan fingerprint density at radius 3 is 2.48 bits per heavy atom. The lowest BCUT2D eigenvalue weighted by atomic mass is 10.1. The molecule has 2 heterocycles. The van der Waals surface area contributed by atoms with Crippen LogP contribution in [0.1, 0.15) is 6.92 Å². The number of aromatic nitrogens is 2. The maximum atomic E-state index is 12.4. The lowest BCUT2D eigenvalue weighted by Gasteiger charge is -2.14. The van der Waals surface area contributed by atoms with Crippen LogP contribution in [0.5, 0.6) is 5.75 Å². The van der Waals surface area contributed by atoms with Crippen molar-refractivity contribution < 1.29 is 14.3 Å². The Hall–Kier alpha value is -4.13. The zero-order valence-electron chi connectivity index (χ0n) is 17.0. The van der Waals surface area contributed by atoms with Crippen molar-refractivity contribution in [3.8, 4) is 17.0 Å². The third-order valence-electron chi connectivity index (χ3n) is 4.70. The molecule has 0 fully saturated rings. The quantitative estimate of drug-likeness (QED) is 0.485. The number of benzene rings is 2. The average molecular weight is 414 g/mol. The molecule has 0 saturated carbocycles. The first-order valence-electron chi connectivity index (χ1n) is 9.91. The van der Waals surface area contributed by atoms with Crippen LogP contribution < -0.4 is 15.4 Å². The van der Waals surface area contributed by atoms with Gasteiger partial charge in [-0.15, -0.1) is 0 Å². The van der Waals surface area contributed by atoms with Gasteiger partial charge in [0.1, 0.15) is 17.4 Å². The molecule has 7 nitrogen and oxygen atoms in total. The summed E-state index contributed by atoms with van der Waals surface area (Å²) >= 11 is 0. The van der Waals surface area contributed by atoms with Crippen molar-refractivity contribution in [2.45, 2.75) is 13.0 Å². The molecule has 0 aliphatic heterocycles. The lowest BCUT2D eigenvalue weighted by Crippen LogP contribution is -2.43. The van der Waals surface area contributed by atoms with Crippen molar-refractivity contribution in [2.24, 2.45) is 0 Å². The number of para-hydroxylation sites is 1. The number of nitrogens with one attached hydrogen (secondary N) is 2. The van der Waals surface area contributed by atoms with Crippen molar-refractivity contribution in [3.63, 3.8) is 0 Å². The average Bonchev–Trinajstić information content (AvgIpc) is 3.23. The Morgan fingerprint density at radius 1 is 1.00 bits per heavy atom. The van der Waals surface area contributed by atoms with E-state index < -0.39 is 6.04 Å². The number of imidazole rings is 1. The number of amides is 2. The smallest absolute Gasteiger partial charge is 0.258 e. The molecule has 156 valence electrons. The molecule has 0 unspecified atom stereocenters. The van der Waals surface area contributed by atoms with Gasteiger partial charge in [0.25, 0.3) is 5.91 Å². The van der Waals surface area contributed by atoms with Crippen LogP contribution in [0.4, 0.5) is 5.69 Å². The van der Waals surface area contributed by atoms with E-state index in [-0.39, 0.29) is 18.4 Å². The van der Waals surface area contributed by atoms with E-state index in [2.05, 4.69) is 15.6 Å². The van der Waals surface area contributed by atoms with E-state index in [4.69, 9.17) is 4.74 Å². The van der Waals surface area contributed by atoms with Crippen molar-refractivity contribution in [1.82, 2.24) is 14.7 Å². The number of carbonyl (C=O) groups is 2. The molecular formula is C24H22N4O3. The fourth-order valence-electron chi connectivity index (χ4n) is 3.06. The number of fused-ring (bicyclic) bond motifs is 1. The third-order valence-corrected chi connectivity index (χ3v) is 4.70. The van der Waals surface area contributed by atoms with Gasteiger partial charge in [0.15, 0.2) is 6.61 Å². The van der Waals surface area contributed by atoms with Crippen LogP contribution in [-0.4, -0.2) is 33.8 Å². The minimum absolute atomic E-state index is 0.157. The van der Waals surface area contributed by atoms with Crippen molar-refractivity contribution in [3.05, 3.63) is 85.2 Å². The fraction of sp³-hybridized carbons (Fsp3) is 0.125. The Labute approximate surface area is 179 Å². The molecule has 0 bridgehead atoms. The predicted molar refractivity (Wildman–Crippen MR) is 119 cm³/mol.